The third-order valence-corrected chi connectivity index (χ3v) is 13.4. The second-order valence-corrected chi connectivity index (χ2v) is 18.9. The summed E-state index contributed by atoms with van der Waals surface area (Å²) in [5.74, 6) is -4.89. The number of esters is 3. The van der Waals surface area contributed by atoms with Crippen LogP contribution in [0.2, 0.25) is 0 Å². The Kier molecular flexibility index (Phi) is 14.7. The second kappa shape index (κ2) is 19.2. The van der Waals surface area contributed by atoms with Crippen LogP contribution in [0.5, 0.6) is 0 Å². The monoisotopic (exact) mass is 909 g/mol. The van der Waals surface area contributed by atoms with Crippen LogP contribution in [0, 0.1) is 16.7 Å². The third kappa shape index (κ3) is 9.33. The number of hydrogen-bond donors (Lipinski definition) is 4. The zero-order chi connectivity index (χ0) is 47.7. The number of carbonyl (C=O) groups excluding carboxylic acids is 5. The number of nitrogens with one attached hydrogen (secondary N) is 1. The number of ether oxygens (including phenoxy) is 8. The topological polar surface area (TPSA) is 232 Å². The smallest absolute Gasteiger partial charge is 0.408 e. The summed E-state index contributed by atoms with van der Waals surface area (Å²) < 4.78 is 48.8. The summed E-state index contributed by atoms with van der Waals surface area (Å²) in [5.41, 5.74) is -7.47. The molecule has 17 nitrogen and oxygen atoms in total. The summed E-state index contributed by atoms with van der Waals surface area (Å²) >= 11 is 0. The summed E-state index contributed by atoms with van der Waals surface area (Å²) in [6.45, 7) is 13.3. The van der Waals surface area contributed by atoms with Crippen LogP contribution in [-0.2, 0) is 52.3 Å². The Morgan fingerprint density at radius 2 is 1.62 bits per heavy atom. The SMILES string of the molecule is CCOCO[C@H]1C[C@H]2OC[C@@]2(OC(C)=O)C2[C@H](OC(=O)c3ccccc3)[C@]3(O)C[C@H](OC(=O)[C@H](O)[C@@H](NC(=O)OC(C)(C)C)c4ccccc4)C(C)=C([C@@H](OCCO)C(=O)[C@@]21C)C3(C)C. The van der Waals surface area contributed by atoms with Gasteiger partial charge in [-0.25, -0.2) is 14.4 Å². The summed E-state index contributed by atoms with van der Waals surface area (Å²) in [4.78, 5) is 71.1. The second-order valence-electron chi connectivity index (χ2n) is 18.9. The minimum absolute atomic E-state index is 0.0169. The largest absolute Gasteiger partial charge is 0.456 e. The first-order valence-corrected chi connectivity index (χ1v) is 22.0. The number of aliphatic hydroxyl groups is 3. The molecule has 6 rings (SSSR count). The molecule has 0 radical (unpaired) electrons. The van der Waals surface area contributed by atoms with Gasteiger partial charge in [0.05, 0.1) is 48.9 Å². The van der Waals surface area contributed by atoms with E-state index in [9.17, 15) is 34.5 Å². The van der Waals surface area contributed by atoms with Gasteiger partial charge < -0.3 is 58.5 Å². The maximum atomic E-state index is 16.0. The molecular weight excluding hydrogens is 847 g/mol. The Balaban J connectivity index is 1.56. The van der Waals surface area contributed by atoms with Crippen LogP contribution < -0.4 is 5.32 Å². The van der Waals surface area contributed by atoms with E-state index >= 15 is 4.79 Å². The fraction of sp³-hybridized carbons (Fsp3) is 0.604. The standard InChI is InChI=1S/C48H63NO16/c1-10-58-26-61-32-23-33-47(25-60-33,64-28(3)51)38-40(63-41(54)30-19-15-12-16-20-30)48(57)24-31(27(2)34(45(48,7)8)37(59-22-21-50)39(53)46(32,38)9)62-42(55)36(52)35(29-17-13-11-14-18-29)49-43(56)65-44(4,5)6/h11-20,31-33,35-38,40,50,52,57H,10,21-26H2,1-9H3,(H,49,56)/t31-,32-,33+,35-,36+,37+,38?,40-,46+,47-,48+/m0/s1. The van der Waals surface area contributed by atoms with E-state index in [0.717, 1.165) is 0 Å². The van der Waals surface area contributed by atoms with Gasteiger partial charge >= 0.3 is 24.0 Å². The molecule has 0 spiro atoms. The van der Waals surface area contributed by atoms with Crippen molar-refractivity contribution in [1.82, 2.24) is 5.32 Å². The van der Waals surface area contributed by atoms with Gasteiger partial charge in [-0.3, -0.25) is 9.59 Å². The Morgan fingerprint density at radius 1 is 0.969 bits per heavy atom. The molecule has 1 unspecified atom stereocenters. The molecule has 1 heterocycles. The molecule has 17 heteroatoms. The van der Waals surface area contributed by atoms with Gasteiger partial charge in [0.15, 0.2) is 17.5 Å². The summed E-state index contributed by atoms with van der Waals surface area (Å²) in [6.07, 6.45) is -10.2. The zero-order valence-corrected chi connectivity index (χ0v) is 38.5. The van der Waals surface area contributed by atoms with Gasteiger partial charge in [-0.05, 0) is 70.4 Å². The number of amides is 1. The normalized spacial score (nSPS) is 31.4. The van der Waals surface area contributed by atoms with Crippen molar-refractivity contribution >= 4 is 29.8 Å². The quantitative estimate of drug-likeness (QED) is 0.0642. The molecule has 3 fully saturated rings. The van der Waals surface area contributed by atoms with E-state index < -0.39 is 119 Å². The fourth-order valence-corrected chi connectivity index (χ4v) is 10.3. The Bertz CT molecular complexity index is 2100. The minimum atomic E-state index is -2.32. The van der Waals surface area contributed by atoms with Crippen molar-refractivity contribution in [1.29, 1.82) is 0 Å². The molecule has 2 aromatic rings. The number of carbonyl (C=O) groups is 5. The lowest BCUT2D eigenvalue weighted by Gasteiger charge is -2.68. The van der Waals surface area contributed by atoms with Crippen LogP contribution in [-0.4, -0.2) is 132 Å². The van der Waals surface area contributed by atoms with Gasteiger partial charge in [-0.1, -0.05) is 62.4 Å². The van der Waals surface area contributed by atoms with Gasteiger partial charge in [0.25, 0.3) is 0 Å². The number of Topliss-reactive ketones (excluding diaryl/α,β-unsaturated/α-hetero) is 1. The molecule has 1 saturated heterocycles. The molecule has 2 aromatic carbocycles. The first-order valence-electron chi connectivity index (χ1n) is 22.0. The third-order valence-electron chi connectivity index (χ3n) is 13.4. The first-order chi connectivity index (χ1) is 30.6. The molecule has 1 amide bonds. The molecular formula is C48H63NO16. The van der Waals surface area contributed by atoms with Crippen LogP contribution in [0.3, 0.4) is 0 Å². The van der Waals surface area contributed by atoms with E-state index in [1.807, 2.05) is 0 Å². The highest BCUT2D eigenvalue weighted by molar-refractivity contribution is 5.94. The molecule has 2 bridgehead atoms. The van der Waals surface area contributed by atoms with E-state index in [1.54, 1.807) is 104 Å². The molecule has 0 aromatic heterocycles. The molecule has 65 heavy (non-hydrogen) atoms. The number of aliphatic hydroxyl groups excluding tert-OH is 2. The number of alkyl carbamates (subject to hydrolysis) is 1. The number of hydrogen-bond acceptors (Lipinski definition) is 16. The predicted octanol–water partition coefficient (Wildman–Crippen LogP) is 4.29. The van der Waals surface area contributed by atoms with Crippen molar-refractivity contribution < 1.29 is 77.2 Å². The number of ketones is 1. The number of benzene rings is 2. The lowest BCUT2D eigenvalue weighted by atomic mass is 9.44. The Morgan fingerprint density at radius 3 is 2.18 bits per heavy atom. The molecule has 1 aliphatic heterocycles. The zero-order valence-electron chi connectivity index (χ0n) is 38.5. The molecule has 11 atom stereocenters. The maximum absolute atomic E-state index is 16.0. The van der Waals surface area contributed by atoms with Crippen molar-refractivity contribution in [2.75, 3.05) is 33.2 Å². The van der Waals surface area contributed by atoms with E-state index in [0.29, 0.717) is 5.56 Å². The van der Waals surface area contributed by atoms with E-state index in [2.05, 4.69) is 5.32 Å². The van der Waals surface area contributed by atoms with Crippen molar-refractivity contribution in [3.8, 4) is 0 Å². The predicted molar refractivity (Wildman–Crippen MR) is 230 cm³/mol. The Labute approximate surface area is 379 Å². The average molecular weight is 910 g/mol. The van der Waals surface area contributed by atoms with Gasteiger partial charge in [-0.15, -0.1) is 0 Å². The minimum Gasteiger partial charge on any atom is -0.456 e. The van der Waals surface area contributed by atoms with Gasteiger partial charge in [0.2, 0.25) is 0 Å². The van der Waals surface area contributed by atoms with Gasteiger partial charge in [-0.2, -0.15) is 0 Å². The number of rotatable bonds is 15. The van der Waals surface area contributed by atoms with Crippen LogP contribution in [0.15, 0.2) is 71.8 Å². The molecule has 356 valence electrons. The summed E-state index contributed by atoms with van der Waals surface area (Å²) in [6, 6.07) is 14.9. The number of fused-ring (bicyclic) bond motifs is 5. The maximum Gasteiger partial charge on any atom is 0.408 e. The molecule has 4 aliphatic rings. The van der Waals surface area contributed by atoms with Crippen LogP contribution in [0.1, 0.15) is 97.1 Å². The lowest BCUT2D eigenvalue weighted by Crippen LogP contribution is -2.82. The van der Waals surface area contributed by atoms with Crippen LogP contribution >= 0.6 is 0 Å². The molecule has 4 N–H and O–H groups in total. The highest BCUT2D eigenvalue weighted by Gasteiger charge is 2.78. The van der Waals surface area contributed by atoms with Gasteiger partial charge in [0.1, 0.15) is 42.4 Å². The van der Waals surface area contributed by atoms with Crippen LogP contribution in [0.4, 0.5) is 4.79 Å². The van der Waals surface area contributed by atoms with E-state index in [1.165, 1.54) is 19.1 Å². The highest BCUT2D eigenvalue weighted by atomic mass is 16.7. The van der Waals surface area contributed by atoms with E-state index in [4.69, 9.17) is 37.9 Å². The van der Waals surface area contributed by atoms with Crippen molar-refractivity contribution in [3.05, 3.63) is 82.9 Å². The Hall–Kier alpha value is -4.75. The lowest BCUT2D eigenvalue weighted by molar-refractivity contribution is -0.352. The summed E-state index contributed by atoms with van der Waals surface area (Å²) in [5, 5.41) is 38.4. The van der Waals surface area contributed by atoms with Crippen molar-refractivity contribution in [3.63, 3.8) is 0 Å². The van der Waals surface area contributed by atoms with E-state index in [-0.39, 0.29) is 49.7 Å². The molecule has 3 aliphatic carbocycles. The van der Waals surface area contributed by atoms with Crippen LogP contribution in [0.25, 0.3) is 0 Å². The fourth-order valence-electron chi connectivity index (χ4n) is 10.3. The van der Waals surface area contributed by atoms with Gasteiger partial charge in [0, 0.05) is 31.8 Å². The average Bonchev–Trinajstić information content (AvgIpc) is 3.24. The molecule has 2 saturated carbocycles. The first kappa shape index (κ1) is 49.7. The summed E-state index contributed by atoms with van der Waals surface area (Å²) in [7, 11) is 0. The van der Waals surface area contributed by atoms with Crippen molar-refractivity contribution in [2.45, 2.75) is 135 Å². The van der Waals surface area contributed by atoms with Crippen molar-refractivity contribution in [2.24, 2.45) is 16.7 Å². The highest BCUT2D eigenvalue weighted by Crippen LogP contribution is 2.65.